The Bertz CT molecular complexity index is 968. The maximum Gasteiger partial charge on any atom is 0.298 e. The lowest BCUT2D eigenvalue weighted by Gasteiger charge is -2.12. The maximum atomic E-state index is 12.0. The number of anilines is 2. The van der Waals surface area contributed by atoms with Gasteiger partial charge in [0.2, 0.25) is 0 Å². The largest absolute Gasteiger partial charge is 0.387 e. The van der Waals surface area contributed by atoms with Crippen molar-refractivity contribution in [3.63, 3.8) is 0 Å². The number of aromatic nitrogens is 1. The van der Waals surface area contributed by atoms with Crippen molar-refractivity contribution in [2.45, 2.75) is 12.5 Å². The summed E-state index contributed by atoms with van der Waals surface area (Å²) < 4.78 is 0. The molecule has 1 aromatic heterocycles. The fourth-order valence-electron chi connectivity index (χ4n) is 2.72. The molecule has 1 unspecified atom stereocenters. The fraction of sp³-hybridized carbons (Fsp3) is 0.190. The third-order valence-corrected chi connectivity index (χ3v) is 4.96. The summed E-state index contributed by atoms with van der Waals surface area (Å²) in [7, 11) is 0. The average Bonchev–Trinajstić information content (AvgIpc) is 3.18. The van der Waals surface area contributed by atoms with Gasteiger partial charge in [0.25, 0.3) is 11.7 Å². The van der Waals surface area contributed by atoms with E-state index in [0.717, 1.165) is 28.9 Å². The Morgan fingerprint density at radius 1 is 1.06 bits per heavy atom. The molecule has 3 aromatic rings. The minimum absolute atomic E-state index is 0. The van der Waals surface area contributed by atoms with Crippen LogP contribution in [0.25, 0.3) is 0 Å². The van der Waals surface area contributed by atoms with Crippen molar-refractivity contribution in [2.75, 3.05) is 24.1 Å². The molecular formula is C21H24Cl2N4O3S. The zero-order valence-electron chi connectivity index (χ0n) is 16.5. The highest BCUT2D eigenvalue weighted by molar-refractivity contribution is 7.13. The van der Waals surface area contributed by atoms with Crippen molar-refractivity contribution in [3.05, 3.63) is 76.8 Å². The van der Waals surface area contributed by atoms with E-state index >= 15 is 0 Å². The van der Waals surface area contributed by atoms with Crippen LogP contribution in [-0.4, -0.2) is 34.9 Å². The number of aliphatic hydroxyl groups excluding tert-OH is 1. The number of carbonyl (C=O) groups excluding carboxylic acids is 2. The predicted octanol–water partition coefficient (Wildman–Crippen LogP) is 3.26. The number of nitrogen functional groups attached to an aromatic ring is 1. The maximum absolute atomic E-state index is 12.0. The van der Waals surface area contributed by atoms with Gasteiger partial charge in [-0.25, -0.2) is 4.98 Å². The van der Waals surface area contributed by atoms with Crippen LogP contribution in [0, 0.1) is 0 Å². The Labute approximate surface area is 196 Å². The molecule has 1 heterocycles. The van der Waals surface area contributed by atoms with E-state index in [0.29, 0.717) is 18.8 Å². The number of nitrogens with two attached hydrogens (primary N) is 1. The van der Waals surface area contributed by atoms with Crippen LogP contribution in [0.5, 0.6) is 0 Å². The summed E-state index contributed by atoms with van der Waals surface area (Å²) in [6, 6.07) is 16.8. The molecule has 0 radical (unpaired) electrons. The third kappa shape index (κ3) is 7.93. The number of amides is 1. The highest BCUT2D eigenvalue weighted by Gasteiger charge is 2.19. The number of benzene rings is 2. The van der Waals surface area contributed by atoms with Crippen molar-refractivity contribution < 1.29 is 14.7 Å². The van der Waals surface area contributed by atoms with E-state index in [2.05, 4.69) is 15.6 Å². The van der Waals surface area contributed by atoms with Crippen LogP contribution in [0.3, 0.4) is 0 Å². The highest BCUT2D eigenvalue weighted by Crippen LogP contribution is 2.14. The van der Waals surface area contributed by atoms with Crippen molar-refractivity contribution in [1.82, 2.24) is 10.3 Å². The minimum Gasteiger partial charge on any atom is -0.387 e. The molecule has 0 bridgehead atoms. The van der Waals surface area contributed by atoms with Crippen molar-refractivity contribution in [2.24, 2.45) is 0 Å². The molecule has 1 amide bonds. The lowest BCUT2D eigenvalue weighted by Crippen LogP contribution is -2.24. The van der Waals surface area contributed by atoms with Gasteiger partial charge in [-0.2, -0.15) is 0 Å². The molecule has 7 nitrogen and oxygen atoms in total. The first-order valence-electron chi connectivity index (χ1n) is 9.12. The molecule has 1 atom stereocenters. The van der Waals surface area contributed by atoms with Crippen molar-refractivity contribution in [1.29, 1.82) is 0 Å². The van der Waals surface area contributed by atoms with Crippen LogP contribution in [0.1, 0.15) is 27.7 Å². The van der Waals surface area contributed by atoms with E-state index in [-0.39, 0.29) is 35.6 Å². The molecule has 0 spiro atoms. The van der Waals surface area contributed by atoms with E-state index < -0.39 is 17.8 Å². The third-order valence-electron chi connectivity index (χ3n) is 4.29. The zero-order valence-corrected chi connectivity index (χ0v) is 18.9. The summed E-state index contributed by atoms with van der Waals surface area (Å²) in [5, 5.41) is 17.6. The average molecular weight is 483 g/mol. The minimum atomic E-state index is -0.750. The molecular weight excluding hydrogens is 459 g/mol. The van der Waals surface area contributed by atoms with Gasteiger partial charge in [-0.15, -0.1) is 36.2 Å². The number of Topliss-reactive ketones (excluding diaryl/α,β-unsaturated/α-hetero) is 1. The highest BCUT2D eigenvalue weighted by atomic mass is 35.5. The number of halogens is 2. The number of thiazole rings is 1. The lowest BCUT2D eigenvalue weighted by molar-refractivity contribution is -0.112. The zero-order chi connectivity index (χ0) is 20.6. The van der Waals surface area contributed by atoms with Crippen LogP contribution in [-0.2, 0) is 11.2 Å². The van der Waals surface area contributed by atoms with Crippen LogP contribution in [0.4, 0.5) is 10.8 Å². The first-order chi connectivity index (χ1) is 14.0. The van der Waals surface area contributed by atoms with Crippen LogP contribution < -0.4 is 16.4 Å². The van der Waals surface area contributed by atoms with Gasteiger partial charge < -0.3 is 21.5 Å². The van der Waals surface area contributed by atoms with Crippen molar-refractivity contribution in [3.8, 4) is 0 Å². The molecule has 31 heavy (non-hydrogen) atoms. The van der Waals surface area contributed by atoms with Gasteiger partial charge in [-0.1, -0.05) is 42.5 Å². The number of nitrogens with zero attached hydrogens (tertiary/aromatic N) is 1. The number of rotatable bonds is 9. The van der Waals surface area contributed by atoms with Crippen LogP contribution in [0.2, 0.25) is 0 Å². The van der Waals surface area contributed by atoms with E-state index in [4.69, 9.17) is 5.73 Å². The smallest absolute Gasteiger partial charge is 0.298 e. The monoisotopic (exact) mass is 482 g/mol. The second-order valence-electron chi connectivity index (χ2n) is 6.43. The molecule has 5 N–H and O–H groups in total. The van der Waals surface area contributed by atoms with Gasteiger partial charge >= 0.3 is 0 Å². The lowest BCUT2D eigenvalue weighted by atomic mass is 10.1. The van der Waals surface area contributed by atoms with Gasteiger partial charge in [0, 0.05) is 17.6 Å². The van der Waals surface area contributed by atoms with Crippen LogP contribution >= 0.6 is 36.2 Å². The topological polar surface area (TPSA) is 117 Å². The summed E-state index contributed by atoms with van der Waals surface area (Å²) in [6.07, 6.45) is 0.228. The van der Waals surface area contributed by atoms with E-state index in [1.165, 1.54) is 5.38 Å². The standard InChI is InChI=1S/C21H22N4O3S.2ClH/c22-21-25-17(13-29-21)19(27)20(28)24-16-8-6-14(7-9-16)10-11-23-12-18(26)15-4-2-1-3-5-15;;/h1-9,13,18,23,26H,10-12H2,(H2,22,25)(H,24,28);2*1H. The summed E-state index contributed by atoms with van der Waals surface area (Å²) >= 11 is 1.11. The molecule has 166 valence electrons. The molecule has 0 aliphatic rings. The van der Waals surface area contributed by atoms with Gasteiger partial charge in [0.05, 0.1) is 6.10 Å². The Balaban J connectivity index is 0.00000240. The normalized spacial score (nSPS) is 11.0. The molecule has 2 aromatic carbocycles. The molecule has 0 saturated carbocycles. The van der Waals surface area contributed by atoms with Crippen LogP contribution in [0.15, 0.2) is 60.0 Å². The Hall–Kier alpha value is -2.49. The van der Waals surface area contributed by atoms with Gasteiger partial charge in [0.1, 0.15) is 5.69 Å². The summed E-state index contributed by atoms with van der Waals surface area (Å²) in [5.41, 5.74) is 8.02. The van der Waals surface area contributed by atoms with Gasteiger partial charge in [-0.3, -0.25) is 9.59 Å². The summed E-state index contributed by atoms with van der Waals surface area (Å²) in [4.78, 5) is 27.9. The number of aliphatic hydroxyl groups is 1. The first kappa shape index (κ1) is 26.5. The summed E-state index contributed by atoms with van der Waals surface area (Å²) in [5.74, 6) is -1.47. The van der Waals surface area contributed by atoms with E-state index in [1.807, 2.05) is 42.5 Å². The number of hydrogen-bond acceptors (Lipinski definition) is 7. The number of hydrogen-bond donors (Lipinski definition) is 4. The molecule has 0 fully saturated rings. The quantitative estimate of drug-likeness (QED) is 0.211. The molecule has 0 aliphatic heterocycles. The van der Waals surface area contributed by atoms with Gasteiger partial charge in [-0.05, 0) is 36.2 Å². The Kier molecular flexibility index (Phi) is 11.2. The number of ketones is 1. The van der Waals surface area contributed by atoms with Gasteiger partial charge in [0.15, 0.2) is 5.13 Å². The number of carbonyl (C=O) groups is 2. The second kappa shape index (κ2) is 13.0. The SMILES string of the molecule is Cl.Cl.Nc1nc(C(=O)C(=O)Nc2ccc(CCNCC(O)c3ccccc3)cc2)cs1. The fourth-order valence-corrected chi connectivity index (χ4v) is 3.26. The number of nitrogens with one attached hydrogen (secondary N) is 2. The Morgan fingerprint density at radius 2 is 1.74 bits per heavy atom. The van der Waals surface area contributed by atoms with E-state index in [9.17, 15) is 14.7 Å². The molecule has 3 rings (SSSR count). The molecule has 0 saturated heterocycles. The van der Waals surface area contributed by atoms with Crippen molar-refractivity contribution >= 4 is 58.7 Å². The Morgan fingerprint density at radius 3 is 2.35 bits per heavy atom. The summed E-state index contributed by atoms with van der Waals surface area (Å²) in [6.45, 7) is 1.18. The second-order valence-corrected chi connectivity index (χ2v) is 7.32. The van der Waals surface area contributed by atoms with E-state index in [1.54, 1.807) is 12.1 Å². The predicted molar refractivity (Wildman–Crippen MR) is 128 cm³/mol. The molecule has 0 aliphatic carbocycles. The molecule has 10 heteroatoms. The first-order valence-corrected chi connectivity index (χ1v) is 10.0.